The average Bonchev–Trinajstić information content (AvgIpc) is 3.60. The molecule has 0 radical (unpaired) electrons. The number of pyridine rings is 1. The molecule has 2 aromatic heterocycles. The normalized spacial score (nSPS) is 14.2. The number of likely N-dealkylation sites (tertiary alicyclic amines) is 1. The van der Waals surface area contributed by atoms with Crippen LogP contribution in [0.1, 0.15) is 42.1 Å². The van der Waals surface area contributed by atoms with E-state index in [-0.39, 0.29) is 41.2 Å². The molecule has 14 heteroatoms. The van der Waals surface area contributed by atoms with Crippen molar-refractivity contribution in [2.24, 2.45) is 0 Å². The summed E-state index contributed by atoms with van der Waals surface area (Å²) in [5, 5.41) is 32.5. The lowest BCUT2D eigenvalue weighted by atomic mass is 10.0. The lowest BCUT2D eigenvalue weighted by Gasteiger charge is -2.31. The number of fused-ring (bicyclic) bond motifs is 1. The summed E-state index contributed by atoms with van der Waals surface area (Å²) in [6, 6.07) is 17.6. The molecule has 6 N–H and O–H groups in total. The second-order valence-electron chi connectivity index (χ2n) is 13.0. The average molecular weight is 744 g/mol. The summed E-state index contributed by atoms with van der Waals surface area (Å²) in [5.74, 6) is 0.0601. The Morgan fingerprint density at radius 1 is 1.04 bits per heavy atom. The number of aliphatic hydroxyl groups excluding tert-OH is 1. The van der Waals surface area contributed by atoms with Gasteiger partial charge in [0, 0.05) is 67.9 Å². The summed E-state index contributed by atoms with van der Waals surface area (Å²) in [6.45, 7) is 4.43. The smallest absolute Gasteiger partial charge is 0.411 e. The van der Waals surface area contributed by atoms with E-state index >= 15 is 0 Å². The summed E-state index contributed by atoms with van der Waals surface area (Å²) in [7, 11) is 1.56. The fraction of sp³-hybridized carbons (Fsp3) is 0.308. The van der Waals surface area contributed by atoms with Gasteiger partial charge in [-0.3, -0.25) is 14.9 Å². The highest BCUT2D eigenvalue weighted by Gasteiger charge is 2.24. The SMILES string of the molecule is COc1cc(NC(=O)CCN2CCC(OC(=O)Nc3ccsc3-c3ccc(F)cc3)CC2)c(C)cc1CNC[C@@H](O)c1ccc(O)c2[nH]c(=O)ccc12. The lowest BCUT2D eigenvalue weighted by molar-refractivity contribution is -0.116. The van der Waals surface area contributed by atoms with Crippen LogP contribution in [0.4, 0.5) is 20.6 Å². The zero-order valence-electron chi connectivity index (χ0n) is 29.4. The number of halogens is 1. The number of aromatic amines is 1. The number of aromatic hydroxyl groups is 1. The van der Waals surface area contributed by atoms with Gasteiger partial charge in [0.15, 0.2) is 0 Å². The van der Waals surface area contributed by atoms with E-state index in [9.17, 15) is 29.0 Å². The van der Waals surface area contributed by atoms with Crippen molar-refractivity contribution < 1.29 is 33.7 Å². The Bertz CT molecular complexity index is 2130. The first-order valence-corrected chi connectivity index (χ1v) is 18.2. The molecule has 0 bridgehead atoms. The maximum Gasteiger partial charge on any atom is 0.411 e. The van der Waals surface area contributed by atoms with Crippen LogP contribution in [0.15, 0.2) is 76.9 Å². The molecule has 53 heavy (non-hydrogen) atoms. The Kier molecular flexibility index (Phi) is 12.0. The predicted molar refractivity (Wildman–Crippen MR) is 203 cm³/mol. The minimum Gasteiger partial charge on any atom is -0.506 e. The summed E-state index contributed by atoms with van der Waals surface area (Å²) < 4.78 is 24.7. The minimum atomic E-state index is -0.910. The number of hydrogen-bond acceptors (Lipinski definition) is 10. The number of aromatic nitrogens is 1. The number of ether oxygens (including phenoxy) is 2. The van der Waals surface area contributed by atoms with Gasteiger partial charge in [0.1, 0.15) is 23.4 Å². The van der Waals surface area contributed by atoms with Crippen LogP contribution < -0.4 is 26.2 Å². The number of nitrogens with one attached hydrogen (secondary N) is 4. The predicted octanol–water partition coefficient (Wildman–Crippen LogP) is 6.28. The molecule has 2 amide bonds. The molecule has 1 fully saturated rings. The van der Waals surface area contributed by atoms with E-state index in [1.54, 1.807) is 43.5 Å². The number of methoxy groups -OCH3 is 1. The van der Waals surface area contributed by atoms with Crippen molar-refractivity contribution in [1.29, 1.82) is 0 Å². The lowest BCUT2D eigenvalue weighted by Crippen LogP contribution is -2.39. The number of nitrogens with zero attached hydrogens (tertiary/aromatic N) is 1. The monoisotopic (exact) mass is 743 g/mol. The van der Waals surface area contributed by atoms with E-state index in [4.69, 9.17) is 9.47 Å². The summed E-state index contributed by atoms with van der Waals surface area (Å²) in [4.78, 5) is 43.0. The summed E-state index contributed by atoms with van der Waals surface area (Å²) in [6.07, 6.45) is -0.0835. The molecule has 1 aliphatic rings. The third-order valence-electron chi connectivity index (χ3n) is 9.29. The summed E-state index contributed by atoms with van der Waals surface area (Å²) >= 11 is 1.45. The number of hydrogen-bond donors (Lipinski definition) is 6. The largest absolute Gasteiger partial charge is 0.506 e. The Labute approximate surface area is 309 Å². The fourth-order valence-corrected chi connectivity index (χ4v) is 7.32. The van der Waals surface area contributed by atoms with Gasteiger partial charge >= 0.3 is 6.09 Å². The molecule has 6 rings (SSSR count). The first-order chi connectivity index (χ1) is 25.6. The van der Waals surface area contributed by atoms with Crippen molar-refractivity contribution in [2.45, 2.75) is 44.9 Å². The Morgan fingerprint density at radius 2 is 1.81 bits per heavy atom. The van der Waals surface area contributed by atoms with Crippen LogP contribution in [-0.2, 0) is 16.1 Å². The number of phenolic OH excluding ortho intramolecular Hbond substituents is 1. The Hall–Kier alpha value is -5.28. The molecule has 12 nitrogen and oxygen atoms in total. The molecular formula is C39H42FN5O7S. The molecule has 1 atom stereocenters. The van der Waals surface area contributed by atoms with Gasteiger partial charge in [0.05, 0.1) is 29.3 Å². The van der Waals surface area contributed by atoms with Crippen LogP contribution in [0.3, 0.4) is 0 Å². The van der Waals surface area contributed by atoms with Crippen LogP contribution in [0.2, 0.25) is 0 Å². The van der Waals surface area contributed by atoms with Crippen molar-refractivity contribution in [3.05, 3.63) is 105 Å². The molecule has 3 aromatic carbocycles. The van der Waals surface area contributed by atoms with Gasteiger partial charge in [0.2, 0.25) is 11.5 Å². The van der Waals surface area contributed by atoms with E-state index in [0.717, 1.165) is 21.6 Å². The van der Waals surface area contributed by atoms with E-state index < -0.39 is 12.2 Å². The molecule has 3 heterocycles. The Morgan fingerprint density at radius 3 is 2.57 bits per heavy atom. The van der Waals surface area contributed by atoms with Crippen LogP contribution in [0, 0.1) is 12.7 Å². The van der Waals surface area contributed by atoms with E-state index in [0.29, 0.717) is 73.5 Å². The summed E-state index contributed by atoms with van der Waals surface area (Å²) in [5.41, 5.74) is 4.27. The van der Waals surface area contributed by atoms with Gasteiger partial charge < -0.3 is 40.2 Å². The second-order valence-corrected chi connectivity index (χ2v) is 13.9. The fourth-order valence-electron chi connectivity index (χ4n) is 6.46. The zero-order chi connectivity index (χ0) is 37.5. The number of piperidine rings is 1. The standard InChI is InChI=1S/C39H42FN5O7S/c1-23-19-25(21-41-22-33(47)28-7-9-32(46)37-29(28)8-10-35(48)44-37)34(51-2)20-31(23)42-36(49)13-17-45-15-11-27(12-16-45)52-39(50)43-30-14-18-53-38(30)24-3-5-26(40)6-4-24/h3-10,14,18-20,27,33,41,46-47H,11-13,15-17,21-22H2,1-2H3,(H,42,49)(H,43,50)(H,44,48)/t33-/m1/s1. The van der Waals surface area contributed by atoms with Crippen LogP contribution in [0.5, 0.6) is 11.5 Å². The number of benzene rings is 3. The van der Waals surface area contributed by atoms with Gasteiger partial charge in [-0.1, -0.05) is 18.2 Å². The highest BCUT2D eigenvalue weighted by Crippen LogP contribution is 2.34. The first-order valence-electron chi connectivity index (χ1n) is 17.3. The molecule has 0 spiro atoms. The number of phenols is 1. The number of anilines is 2. The molecule has 1 aliphatic heterocycles. The number of amides is 2. The van der Waals surface area contributed by atoms with E-state index in [1.165, 1.54) is 35.6 Å². The van der Waals surface area contributed by atoms with Crippen molar-refractivity contribution in [3.63, 3.8) is 0 Å². The number of H-pyrrole nitrogens is 1. The van der Waals surface area contributed by atoms with Crippen molar-refractivity contribution in [3.8, 4) is 21.9 Å². The molecule has 1 saturated heterocycles. The van der Waals surface area contributed by atoms with Gasteiger partial charge in [-0.2, -0.15) is 0 Å². The van der Waals surface area contributed by atoms with Crippen molar-refractivity contribution in [1.82, 2.24) is 15.2 Å². The number of carbonyl (C=O) groups excluding carboxylic acids is 2. The highest BCUT2D eigenvalue weighted by molar-refractivity contribution is 7.14. The second kappa shape index (κ2) is 17.0. The number of aliphatic hydroxyl groups is 1. The topological polar surface area (TPSA) is 165 Å². The van der Waals surface area contributed by atoms with Crippen LogP contribution in [-0.4, -0.2) is 71.5 Å². The van der Waals surface area contributed by atoms with Gasteiger partial charge in [-0.05, 0) is 78.2 Å². The third-order valence-corrected chi connectivity index (χ3v) is 10.3. The minimum absolute atomic E-state index is 0.0713. The van der Waals surface area contributed by atoms with Crippen molar-refractivity contribution >= 4 is 45.6 Å². The molecule has 5 aromatic rings. The molecular weight excluding hydrogens is 702 g/mol. The van der Waals surface area contributed by atoms with Gasteiger partial charge in [-0.15, -0.1) is 11.3 Å². The molecule has 0 saturated carbocycles. The molecule has 278 valence electrons. The number of rotatable bonds is 13. The number of thiophene rings is 1. The van der Waals surface area contributed by atoms with E-state index in [1.807, 2.05) is 18.4 Å². The third kappa shape index (κ3) is 9.40. The van der Waals surface area contributed by atoms with Crippen LogP contribution in [0.25, 0.3) is 21.3 Å². The highest BCUT2D eigenvalue weighted by atomic mass is 32.1. The maximum atomic E-state index is 13.4. The first kappa shape index (κ1) is 37.5. The molecule has 0 unspecified atom stereocenters. The van der Waals surface area contributed by atoms with Crippen LogP contribution >= 0.6 is 11.3 Å². The van der Waals surface area contributed by atoms with E-state index in [2.05, 4.69) is 25.8 Å². The van der Waals surface area contributed by atoms with Gasteiger partial charge in [-0.25, -0.2) is 9.18 Å². The van der Waals surface area contributed by atoms with Crippen molar-refractivity contribution in [2.75, 3.05) is 43.9 Å². The maximum absolute atomic E-state index is 13.4. The Balaban J connectivity index is 0.938. The zero-order valence-corrected chi connectivity index (χ0v) is 30.2. The van der Waals surface area contributed by atoms with Gasteiger partial charge in [0.25, 0.3) is 0 Å². The quantitative estimate of drug-likeness (QED) is 0.0814. The number of aryl methyl sites for hydroxylation is 1. The number of carbonyl (C=O) groups is 2. The molecule has 0 aliphatic carbocycles.